The Labute approximate surface area is 114 Å². The van der Waals surface area contributed by atoms with Crippen LogP contribution in [0.25, 0.3) is 0 Å². The summed E-state index contributed by atoms with van der Waals surface area (Å²) < 4.78 is 5.46. The summed E-state index contributed by atoms with van der Waals surface area (Å²) in [6, 6.07) is 5.82. The quantitative estimate of drug-likeness (QED) is 0.826. The molecular formula is C15H23NO3. The summed E-state index contributed by atoms with van der Waals surface area (Å²) in [7, 11) is 0. The van der Waals surface area contributed by atoms with Crippen LogP contribution >= 0.6 is 0 Å². The number of aryl methyl sites for hydroxylation is 2. The van der Waals surface area contributed by atoms with Gasteiger partial charge in [-0.25, -0.2) is 0 Å². The summed E-state index contributed by atoms with van der Waals surface area (Å²) in [4.78, 5) is 11.6. The number of nitrogens with one attached hydrogen (secondary N) is 1. The molecule has 4 nitrogen and oxygen atoms in total. The molecule has 0 fully saturated rings. The van der Waals surface area contributed by atoms with E-state index in [0.29, 0.717) is 12.2 Å². The molecular weight excluding hydrogens is 242 g/mol. The highest BCUT2D eigenvalue weighted by Gasteiger charge is 2.18. The van der Waals surface area contributed by atoms with E-state index in [1.165, 1.54) is 0 Å². The zero-order chi connectivity index (χ0) is 14.5. The number of ether oxygens (including phenoxy) is 1. The highest BCUT2D eigenvalue weighted by Crippen LogP contribution is 2.18. The third kappa shape index (κ3) is 5.30. The molecule has 1 amide bonds. The second kappa shape index (κ2) is 6.57. The number of hydrogen-bond acceptors (Lipinski definition) is 3. The molecule has 1 aromatic carbocycles. The minimum Gasteiger partial charge on any atom is -0.484 e. The molecule has 0 spiro atoms. The Morgan fingerprint density at radius 3 is 2.68 bits per heavy atom. The standard InChI is InChI=1S/C15H23NO3/c1-5-15(4,18)10-16-14(17)9-19-13-7-6-11(2)8-12(13)3/h6-8,18H,5,9-10H2,1-4H3,(H,16,17). The lowest BCUT2D eigenvalue weighted by molar-refractivity contribution is -0.124. The Kier molecular flexibility index (Phi) is 5.36. The van der Waals surface area contributed by atoms with Gasteiger partial charge in [-0.15, -0.1) is 0 Å². The largest absolute Gasteiger partial charge is 0.484 e. The minimum atomic E-state index is -0.866. The molecule has 1 unspecified atom stereocenters. The van der Waals surface area contributed by atoms with Gasteiger partial charge in [0.2, 0.25) is 0 Å². The van der Waals surface area contributed by atoms with E-state index >= 15 is 0 Å². The van der Waals surface area contributed by atoms with Crippen molar-refractivity contribution in [1.29, 1.82) is 0 Å². The van der Waals surface area contributed by atoms with Gasteiger partial charge in [-0.1, -0.05) is 24.6 Å². The van der Waals surface area contributed by atoms with Crippen molar-refractivity contribution >= 4 is 5.91 Å². The lowest BCUT2D eigenvalue weighted by atomic mass is 10.0. The first-order valence-electron chi connectivity index (χ1n) is 6.53. The van der Waals surface area contributed by atoms with Crippen LogP contribution in [0.4, 0.5) is 0 Å². The minimum absolute atomic E-state index is 0.0380. The fourth-order valence-electron chi connectivity index (χ4n) is 1.57. The van der Waals surface area contributed by atoms with Crippen molar-refractivity contribution in [3.8, 4) is 5.75 Å². The van der Waals surface area contributed by atoms with E-state index in [1.54, 1.807) is 6.92 Å². The van der Waals surface area contributed by atoms with Crippen LogP contribution in [0.3, 0.4) is 0 Å². The molecule has 2 N–H and O–H groups in total. The van der Waals surface area contributed by atoms with Crippen molar-refractivity contribution in [2.45, 2.75) is 39.7 Å². The van der Waals surface area contributed by atoms with Crippen LogP contribution < -0.4 is 10.1 Å². The van der Waals surface area contributed by atoms with Crippen molar-refractivity contribution in [1.82, 2.24) is 5.32 Å². The molecule has 0 heterocycles. The molecule has 0 aromatic heterocycles. The van der Waals surface area contributed by atoms with Crippen molar-refractivity contribution in [3.05, 3.63) is 29.3 Å². The number of carbonyl (C=O) groups is 1. The summed E-state index contributed by atoms with van der Waals surface area (Å²) in [5, 5.41) is 12.4. The third-order valence-corrected chi connectivity index (χ3v) is 3.12. The summed E-state index contributed by atoms with van der Waals surface area (Å²) in [5.74, 6) is 0.483. The number of carbonyl (C=O) groups excluding carboxylic acids is 1. The van der Waals surface area contributed by atoms with Crippen LogP contribution in [0.15, 0.2) is 18.2 Å². The Bertz CT molecular complexity index is 441. The SMILES string of the molecule is CCC(C)(O)CNC(=O)COc1ccc(C)cc1C. The van der Waals surface area contributed by atoms with Crippen molar-refractivity contribution < 1.29 is 14.6 Å². The smallest absolute Gasteiger partial charge is 0.258 e. The summed E-state index contributed by atoms with van der Waals surface area (Å²) in [6.45, 7) is 7.72. The highest BCUT2D eigenvalue weighted by molar-refractivity contribution is 5.77. The average Bonchev–Trinajstić information content (AvgIpc) is 2.35. The molecule has 1 atom stereocenters. The molecule has 19 heavy (non-hydrogen) atoms. The molecule has 0 saturated carbocycles. The molecule has 1 aromatic rings. The lowest BCUT2D eigenvalue weighted by Crippen LogP contribution is -2.41. The molecule has 1 rings (SSSR count). The summed E-state index contributed by atoms with van der Waals surface area (Å²) in [6.07, 6.45) is 0.588. The van der Waals surface area contributed by atoms with Gasteiger partial charge in [0.25, 0.3) is 5.91 Å². The fourth-order valence-corrected chi connectivity index (χ4v) is 1.57. The molecule has 0 saturated heterocycles. The van der Waals surface area contributed by atoms with E-state index in [1.807, 2.05) is 39.0 Å². The first-order chi connectivity index (χ1) is 8.84. The predicted octanol–water partition coefficient (Wildman–Crippen LogP) is 1.96. The first kappa shape index (κ1) is 15.5. The maximum absolute atomic E-state index is 11.6. The maximum Gasteiger partial charge on any atom is 0.258 e. The van der Waals surface area contributed by atoms with E-state index in [4.69, 9.17) is 4.74 Å². The van der Waals surface area contributed by atoms with Crippen molar-refractivity contribution in [2.75, 3.05) is 13.2 Å². The van der Waals surface area contributed by atoms with E-state index in [0.717, 1.165) is 11.1 Å². The molecule has 0 aliphatic heterocycles. The van der Waals surface area contributed by atoms with Gasteiger partial charge in [0.05, 0.1) is 5.60 Å². The van der Waals surface area contributed by atoms with E-state index in [9.17, 15) is 9.90 Å². The maximum atomic E-state index is 11.6. The molecule has 0 aliphatic rings. The lowest BCUT2D eigenvalue weighted by Gasteiger charge is -2.21. The van der Waals surface area contributed by atoms with Crippen molar-refractivity contribution in [2.24, 2.45) is 0 Å². The zero-order valence-corrected chi connectivity index (χ0v) is 12.1. The van der Waals surface area contributed by atoms with Crippen LogP contribution in [-0.2, 0) is 4.79 Å². The average molecular weight is 265 g/mol. The number of hydrogen-bond donors (Lipinski definition) is 2. The van der Waals surface area contributed by atoms with E-state index in [2.05, 4.69) is 5.32 Å². The van der Waals surface area contributed by atoms with Crippen LogP contribution in [0.5, 0.6) is 5.75 Å². The zero-order valence-electron chi connectivity index (χ0n) is 12.1. The van der Waals surface area contributed by atoms with Gasteiger partial charge in [0, 0.05) is 6.54 Å². The van der Waals surface area contributed by atoms with Crippen LogP contribution in [-0.4, -0.2) is 29.8 Å². The number of amides is 1. The third-order valence-electron chi connectivity index (χ3n) is 3.12. The normalized spacial score (nSPS) is 13.7. The molecule has 0 radical (unpaired) electrons. The first-order valence-corrected chi connectivity index (χ1v) is 6.53. The fraction of sp³-hybridized carbons (Fsp3) is 0.533. The molecule has 0 bridgehead atoms. The van der Waals surface area contributed by atoms with Gasteiger partial charge in [-0.2, -0.15) is 0 Å². The highest BCUT2D eigenvalue weighted by atomic mass is 16.5. The molecule has 106 valence electrons. The van der Waals surface area contributed by atoms with Crippen LogP contribution in [0, 0.1) is 13.8 Å². The predicted molar refractivity (Wildman–Crippen MR) is 75.3 cm³/mol. The Hall–Kier alpha value is -1.55. The van der Waals surface area contributed by atoms with Gasteiger partial charge < -0.3 is 15.2 Å². The van der Waals surface area contributed by atoms with Crippen molar-refractivity contribution in [3.63, 3.8) is 0 Å². The Morgan fingerprint density at radius 1 is 1.42 bits per heavy atom. The topological polar surface area (TPSA) is 58.6 Å². The Morgan fingerprint density at radius 2 is 2.11 bits per heavy atom. The van der Waals surface area contributed by atoms with Gasteiger partial charge in [-0.05, 0) is 38.8 Å². The number of aliphatic hydroxyl groups is 1. The second-order valence-electron chi connectivity index (χ2n) is 5.18. The number of benzene rings is 1. The van der Waals surface area contributed by atoms with Crippen LogP contribution in [0.1, 0.15) is 31.4 Å². The summed E-state index contributed by atoms with van der Waals surface area (Å²) >= 11 is 0. The van der Waals surface area contributed by atoms with Crippen LogP contribution in [0.2, 0.25) is 0 Å². The van der Waals surface area contributed by atoms with E-state index < -0.39 is 5.60 Å². The van der Waals surface area contributed by atoms with Gasteiger partial charge >= 0.3 is 0 Å². The number of rotatable bonds is 6. The second-order valence-corrected chi connectivity index (χ2v) is 5.18. The monoisotopic (exact) mass is 265 g/mol. The van der Waals surface area contributed by atoms with Gasteiger partial charge in [0.15, 0.2) is 6.61 Å². The van der Waals surface area contributed by atoms with Gasteiger partial charge in [-0.3, -0.25) is 4.79 Å². The van der Waals surface area contributed by atoms with E-state index in [-0.39, 0.29) is 19.1 Å². The summed E-state index contributed by atoms with van der Waals surface area (Å²) in [5.41, 5.74) is 1.30. The Balaban J connectivity index is 2.42. The van der Waals surface area contributed by atoms with Gasteiger partial charge in [0.1, 0.15) is 5.75 Å². The molecule has 4 heteroatoms. The molecule has 0 aliphatic carbocycles.